The monoisotopic (exact) mass is 376 g/mol. The van der Waals surface area contributed by atoms with E-state index in [1.165, 1.54) is 19.1 Å². The van der Waals surface area contributed by atoms with Crippen molar-refractivity contribution in [3.05, 3.63) is 98.1 Å². The largest absolute Gasteiger partial charge is 0.494 e. The fourth-order valence-corrected chi connectivity index (χ4v) is 2.99. The molecule has 0 aliphatic rings. The minimum absolute atomic E-state index is 0.00358. The number of ketones is 1. The average molecular weight is 376 g/mol. The first-order valence-corrected chi connectivity index (χ1v) is 8.55. The number of nitriles is 1. The molecule has 0 radical (unpaired) electrons. The summed E-state index contributed by atoms with van der Waals surface area (Å²) in [6, 6.07) is 14.0. The van der Waals surface area contributed by atoms with Gasteiger partial charge in [-0.25, -0.2) is 4.39 Å². The van der Waals surface area contributed by atoms with Crippen molar-refractivity contribution >= 4 is 5.78 Å². The Morgan fingerprint density at radius 2 is 1.71 bits per heavy atom. The number of benzene rings is 2. The maximum atomic E-state index is 13.2. The minimum Gasteiger partial charge on any atom is -0.494 e. The second-order valence-corrected chi connectivity index (χ2v) is 6.52. The van der Waals surface area contributed by atoms with Gasteiger partial charge >= 0.3 is 0 Å². The molecule has 5 nitrogen and oxygen atoms in total. The molecule has 1 heterocycles. The van der Waals surface area contributed by atoms with E-state index in [9.17, 15) is 24.3 Å². The van der Waals surface area contributed by atoms with Gasteiger partial charge in [0.05, 0.1) is 12.1 Å². The molecule has 0 fully saturated rings. The summed E-state index contributed by atoms with van der Waals surface area (Å²) in [5.74, 6) is -1.61. The van der Waals surface area contributed by atoms with Crippen LogP contribution in [0.15, 0.2) is 53.3 Å². The Bertz CT molecular complexity index is 1150. The fraction of sp³-hybridized carbons (Fsp3) is 0.136. The molecular formula is C22H17FN2O3. The first-order chi connectivity index (χ1) is 13.3. The van der Waals surface area contributed by atoms with Crippen molar-refractivity contribution in [1.82, 2.24) is 4.57 Å². The molecule has 140 valence electrons. The van der Waals surface area contributed by atoms with E-state index in [-0.39, 0.29) is 28.8 Å². The summed E-state index contributed by atoms with van der Waals surface area (Å²) in [4.78, 5) is 25.6. The summed E-state index contributed by atoms with van der Waals surface area (Å²) in [5.41, 5.74) is 0.979. The number of aromatic hydroxyl groups is 1. The first-order valence-electron chi connectivity index (χ1n) is 8.55. The van der Waals surface area contributed by atoms with Gasteiger partial charge in [0, 0.05) is 5.56 Å². The van der Waals surface area contributed by atoms with Gasteiger partial charge in [0.2, 0.25) is 5.88 Å². The van der Waals surface area contributed by atoms with Gasteiger partial charge < -0.3 is 5.11 Å². The van der Waals surface area contributed by atoms with Gasteiger partial charge in [-0.15, -0.1) is 0 Å². The standard InChI is InChI=1S/C22H17FN2O3/c1-13-3-5-15(6-4-13)12-25-21(27)18(11-24)14(2)19(22(25)28)20(26)16-7-9-17(23)10-8-16/h3-10,28H,12H2,1-2H3. The van der Waals surface area contributed by atoms with Crippen LogP contribution in [0.3, 0.4) is 0 Å². The molecule has 0 atom stereocenters. The van der Waals surface area contributed by atoms with Crippen LogP contribution in [0.1, 0.15) is 38.2 Å². The number of hydrogen-bond acceptors (Lipinski definition) is 4. The molecule has 0 aliphatic heterocycles. The van der Waals surface area contributed by atoms with E-state index in [2.05, 4.69) is 0 Å². The lowest BCUT2D eigenvalue weighted by molar-refractivity contribution is 0.103. The highest BCUT2D eigenvalue weighted by atomic mass is 19.1. The molecule has 0 amide bonds. The molecule has 2 aromatic carbocycles. The van der Waals surface area contributed by atoms with E-state index in [0.717, 1.165) is 27.8 Å². The number of aryl methyl sites for hydroxylation is 1. The lowest BCUT2D eigenvalue weighted by atomic mass is 9.97. The summed E-state index contributed by atoms with van der Waals surface area (Å²) >= 11 is 0. The van der Waals surface area contributed by atoms with Crippen molar-refractivity contribution in [2.24, 2.45) is 0 Å². The van der Waals surface area contributed by atoms with Gasteiger partial charge in [-0.1, -0.05) is 29.8 Å². The Morgan fingerprint density at radius 3 is 2.29 bits per heavy atom. The van der Waals surface area contributed by atoms with Gasteiger partial charge in [-0.3, -0.25) is 14.2 Å². The van der Waals surface area contributed by atoms with Crippen molar-refractivity contribution in [2.45, 2.75) is 20.4 Å². The molecule has 0 aliphatic carbocycles. The number of pyridine rings is 1. The van der Waals surface area contributed by atoms with Crippen molar-refractivity contribution in [2.75, 3.05) is 0 Å². The zero-order valence-corrected chi connectivity index (χ0v) is 15.4. The number of halogens is 1. The van der Waals surface area contributed by atoms with Crippen LogP contribution >= 0.6 is 0 Å². The maximum absolute atomic E-state index is 13.2. The molecule has 3 aromatic rings. The third kappa shape index (κ3) is 3.42. The highest BCUT2D eigenvalue weighted by Gasteiger charge is 2.25. The van der Waals surface area contributed by atoms with Gasteiger partial charge in [-0.2, -0.15) is 5.26 Å². The molecule has 0 bridgehead atoms. The highest BCUT2D eigenvalue weighted by molar-refractivity contribution is 6.11. The quantitative estimate of drug-likeness (QED) is 0.707. The molecule has 3 rings (SSSR count). The van der Waals surface area contributed by atoms with Crippen LogP contribution in [0.4, 0.5) is 4.39 Å². The van der Waals surface area contributed by atoms with Crippen LogP contribution in [0.5, 0.6) is 5.88 Å². The fourth-order valence-electron chi connectivity index (χ4n) is 2.99. The maximum Gasteiger partial charge on any atom is 0.271 e. The normalized spacial score (nSPS) is 10.5. The number of nitrogens with zero attached hydrogens (tertiary/aromatic N) is 2. The van der Waals surface area contributed by atoms with Crippen LogP contribution < -0.4 is 5.56 Å². The van der Waals surface area contributed by atoms with Crippen molar-refractivity contribution in [3.8, 4) is 11.9 Å². The SMILES string of the molecule is Cc1ccc(Cn2c(O)c(C(=O)c3ccc(F)cc3)c(C)c(C#N)c2=O)cc1. The molecule has 0 unspecified atom stereocenters. The number of carbonyl (C=O) groups excluding carboxylic acids is 1. The molecule has 0 saturated carbocycles. The summed E-state index contributed by atoms with van der Waals surface area (Å²) < 4.78 is 14.2. The minimum atomic E-state index is -0.672. The van der Waals surface area contributed by atoms with Crippen LogP contribution in [0.25, 0.3) is 0 Å². The van der Waals surface area contributed by atoms with Crippen LogP contribution in [0.2, 0.25) is 0 Å². The topological polar surface area (TPSA) is 83.1 Å². The van der Waals surface area contributed by atoms with E-state index < -0.39 is 23.0 Å². The van der Waals surface area contributed by atoms with Crippen LogP contribution in [-0.4, -0.2) is 15.5 Å². The van der Waals surface area contributed by atoms with E-state index in [1.807, 2.05) is 25.1 Å². The van der Waals surface area contributed by atoms with Crippen LogP contribution in [-0.2, 0) is 6.54 Å². The molecule has 28 heavy (non-hydrogen) atoms. The predicted molar refractivity (Wildman–Crippen MR) is 102 cm³/mol. The number of carbonyl (C=O) groups is 1. The Labute approximate surface area is 160 Å². The smallest absolute Gasteiger partial charge is 0.271 e. The number of hydrogen-bond donors (Lipinski definition) is 1. The van der Waals surface area contributed by atoms with Gasteiger partial charge in [-0.05, 0) is 49.2 Å². The molecular weight excluding hydrogens is 359 g/mol. The van der Waals surface area contributed by atoms with Crippen molar-refractivity contribution in [3.63, 3.8) is 0 Å². The third-order valence-electron chi connectivity index (χ3n) is 4.59. The summed E-state index contributed by atoms with van der Waals surface area (Å²) in [6.45, 7) is 3.36. The van der Waals surface area contributed by atoms with E-state index >= 15 is 0 Å². The Hall–Kier alpha value is -3.72. The van der Waals surface area contributed by atoms with Gasteiger partial charge in [0.15, 0.2) is 5.78 Å². The summed E-state index contributed by atoms with van der Waals surface area (Å²) in [7, 11) is 0. The molecule has 1 aromatic heterocycles. The van der Waals surface area contributed by atoms with E-state index in [0.29, 0.717) is 0 Å². The molecule has 1 N–H and O–H groups in total. The van der Waals surface area contributed by atoms with E-state index in [1.54, 1.807) is 12.1 Å². The third-order valence-corrected chi connectivity index (χ3v) is 4.59. The molecule has 0 saturated heterocycles. The second-order valence-electron chi connectivity index (χ2n) is 6.52. The number of rotatable bonds is 4. The van der Waals surface area contributed by atoms with Crippen molar-refractivity contribution in [1.29, 1.82) is 5.26 Å². The average Bonchev–Trinajstić information content (AvgIpc) is 2.67. The van der Waals surface area contributed by atoms with E-state index in [4.69, 9.17) is 0 Å². The lowest BCUT2D eigenvalue weighted by Gasteiger charge is -2.16. The zero-order valence-electron chi connectivity index (χ0n) is 15.4. The Morgan fingerprint density at radius 1 is 1.11 bits per heavy atom. The molecule has 6 heteroatoms. The molecule has 0 spiro atoms. The highest BCUT2D eigenvalue weighted by Crippen LogP contribution is 2.25. The first kappa shape index (κ1) is 19.1. The Balaban J connectivity index is 2.19. The van der Waals surface area contributed by atoms with Crippen molar-refractivity contribution < 1.29 is 14.3 Å². The Kier molecular flexibility index (Phi) is 5.10. The number of aromatic nitrogens is 1. The summed E-state index contributed by atoms with van der Waals surface area (Å²) in [5, 5.41) is 20.2. The van der Waals surface area contributed by atoms with Crippen LogP contribution in [0, 0.1) is 31.0 Å². The lowest BCUT2D eigenvalue weighted by Crippen LogP contribution is -2.27. The predicted octanol–water partition coefficient (Wildman–Crippen LogP) is 3.46. The second kappa shape index (κ2) is 7.49. The summed E-state index contributed by atoms with van der Waals surface area (Å²) in [6.07, 6.45) is 0. The zero-order chi connectivity index (χ0) is 20.4. The van der Waals surface area contributed by atoms with Gasteiger partial charge in [0.25, 0.3) is 5.56 Å². The van der Waals surface area contributed by atoms with Gasteiger partial charge in [0.1, 0.15) is 17.4 Å².